The van der Waals surface area contributed by atoms with E-state index >= 15 is 0 Å². The van der Waals surface area contributed by atoms with Crippen LogP contribution in [0.5, 0.6) is 11.5 Å². The van der Waals surface area contributed by atoms with E-state index in [0.717, 1.165) is 0 Å². The molecule has 2 rings (SSSR count). The molecule has 0 bridgehead atoms. The molecule has 8 heteroatoms. The first-order chi connectivity index (χ1) is 8.41. The quantitative estimate of drug-likeness (QED) is 0.864. The SMILES string of the molecule is COC(=O)C[C@H](N)c1ccc2c(c1)OC(F)(F)O2.Cl. The van der Waals surface area contributed by atoms with Crippen LogP contribution in [0.1, 0.15) is 18.0 Å². The summed E-state index contributed by atoms with van der Waals surface area (Å²) in [6.45, 7) is 0. The molecule has 0 fully saturated rings. The third-order valence-electron chi connectivity index (χ3n) is 2.47. The van der Waals surface area contributed by atoms with Crippen LogP contribution in [0.2, 0.25) is 0 Å². The van der Waals surface area contributed by atoms with Gasteiger partial charge >= 0.3 is 12.3 Å². The van der Waals surface area contributed by atoms with E-state index in [-0.39, 0.29) is 30.3 Å². The molecule has 0 aromatic heterocycles. The predicted molar refractivity (Wildman–Crippen MR) is 63.5 cm³/mol. The molecule has 0 spiro atoms. The third kappa shape index (κ3) is 3.45. The first kappa shape index (κ1) is 15.5. The maximum absolute atomic E-state index is 12.8. The Balaban J connectivity index is 0.00000180. The summed E-state index contributed by atoms with van der Waals surface area (Å²) in [4.78, 5) is 11.1. The molecule has 5 nitrogen and oxygen atoms in total. The molecule has 1 aromatic rings. The van der Waals surface area contributed by atoms with Crippen LogP contribution in [-0.2, 0) is 9.53 Å². The van der Waals surface area contributed by atoms with Gasteiger partial charge in [0.05, 0.1) is 13.5 Å². The van der Waals surface area contributed by atoms with Crippen molar-refractivity contribution < 1.29 is 27.8 Å². The summed E-state index contributed by atoms with van der Waals surface area (Å²) in [5.41, 5.74) is 6.23. The lowest BCUT2D eigenvalue weighted by molar-refractivity contribution is -0.286. The highest BCUT2D eigenvalue weighted by Gasteiger charge is 2.43. The standard InChI is InChI=1S/C11H11F2NO4.ClH/c1-16-10(15)5-7(14)6-2-3-8-9(4-6)18-11(12,13)17-8;/h2-4,7H,5,14H2,1H3;1H/t7-;/m0./s1. The van der Waals surface area contributed by atoms with Gasteiger partial charge in [-0.05, 0) is 17.7 Å². The zero-order valence-corrected chi connectivity index (χ0v) is 10.7. The van der Waals surface area contributed by atoms with Crippen LogP contribution >= 0.6 is 12.4 Å². The van der Waals surface area contributed by atoms with E-state index in [2.05, 4.69) is 14.2 Å². The highest BCUT2D eigenvalue weighted by atomic mass is 35.5. The number of carbonyl (C=O) groups excluding carboxylic acids is 1. The molecule has 1 aliphatic rings. The Labute approximate surface area is 114 Å². The fraction of sp³-hybridized carbons (Fsp3) is 0.364. The monoisotopic (exact) mass is 295 g/mol. The molecule has 2 N–H and O–H groups in total. The lowest BCUT2D eigenvalue weighted by Crippen LogP contribution is -2.25. The van der Waals surface area contributed by atoms with E-state index in [0.29, 0.717) is 5.56 Å². The number of halogens is 3. The van der Waals surface area contributed by atoms with Crippen molar-refractivity contribution in [3.63, 3.8) is 0 Å². The summed E-state index contributed by atoms with van der Waals surface area (Å²) in [5, 5.41) is 0. The van der Waals surface area contributed by atoms with E-state index in [1.165, 1.54) is 25.3 Å². The Morgan fingerprint density at radius 1 is 1.42 bits per heavy atom. The van der Waals surface area contributed by atoms with Crippen LogP contribution in [0, 0.1) is 0 Å². The maximum Gasteiger partial charge on any atom is 0.586 e. The van der Waals surface area contributed by atoms with Crippen LogP contribution in [0.25, 0.3) is 0 Å². The Bertz CT molecular complexity index is 484. The molecular formula is C11H12ClF2NO4. The third-order valence-corrected chi connectivity index (χ3v) is 2.47. The summed E-state index contributed by atoms with van der Waals surface area (Å²) < 4.78 is 38.6. The van der Waals surface area contributed by atoms with Gasteiger partial charge in [0.15, 0.2) is 11.5 Å². The van der Waals surface area contributed by atoms with Gasteiger partial charge in [0.2, 0.25) is 0 Å². The van der Waals surface area contributed by atoms with Gasteiger partial charge in [-0.3, -0.25) is 4.79 Å². The van der Waals surface area contributed by atoms with E-state index in [1.54, 1.807) is 0 Å². The lowest BCUT2D eigenvalue weighted by Gasteiger charge is -2.10. The number of rotatable bonds is 3. The molecule has 0 amide bonds. The van der Waals surface area contributed by atoms with Gasteiger partial charge in [-0.1, -0.05) is 6.07 Å². The van der Waals surface area contributed by atoms with Gasteiger partial charge in [0.25, 0.3) is 0 Å². The second kappa shape index (κ2) is 5.58. The average Bonchev–Trinajstić information content (AvgIpc) is 2.61. The molecule has 1 aliphatic heterocycles. The minimum absolute atomic E-state index is 0. The molecule has 106 valence electrons. The van der Waals surface area contributed by atoms with E-state index in [4.69, 9.17) is 5.73 Å². The number of alkyl halides is 2. The van der Waals surface area contributed by atoms with E-state index < -0.39 is 18.3 Å². The van der Waals surface area contributed by atoms with Gasteiger partial charge in [-0.25, -0.2) is 0 Å². The normalized spacial score (nSPS) is 16.4. The van der Waals surface area contributed by atoms with Crippen molar-refractivity contribution in [2.75, 3.05) is 7.11 Å². The molecule has 0 aliphatic carbocycles. The Hall–Kier alpha value is -1.60. The number of hydrogen-bond acceptors (Lipinski definition) is 5. The van der Waals surface area contributed by atoms with E-state index in [1.807, 2.05) is 0 Å². The predicted octanol–water partition coefficient (Wildman–Crippen LogP) is 1.99. The number of methoxy groups -OCH3 is 1. The van der Waals surface area contributed by atoms with Crippen LogP contribution in [-0.4, -0.2) is 19.4 Å². The first-order valence-electron chi connectivity index (χ1n) is 5.13. The summed E-state index contributed by atoms with van der Waals surface area (Å²) in [5.74, 6) is -0.641. The number of benzene rings is 1. The summed E-state index contributed by atoms with van der Waals surface area (Å²) in [6, 6.07) is 3.49. The largest absolute Gasteiger partial charge is 0.586 e. The van der Waals surface area contributed by atoms with E-state index in [9.17, 15) is 13.6 Å². The highest BCUT2D eigenvalue weighted by molar-refractivity contribution is 5.85. The Morgan fingerprint density at radius 3 is 2.68 bits per heavy atom. The molecule has 0 saturated heterocycles. The number of fused-ring (bicyclic) bond motifs is 1. The van der Waals surface area contributed by atoms with Gasteiger partial charge in [-0.15, -0.1) is 21.2 Å². The minimum Gasteiger partial charge on any atom is -0.469 e. The first-order valence-corrected chi connectivity index (χ1v) is 5.13. The second-order valence-electron chi connectivity index (χ2n) is 3.76. The zero-order valence-electron chi connectivity index (χ0n) is 9.89. The number of nitrogens with two attached hydrogens (primary N) is 1. The van der Waals surface area contributed by atoms with Crippen molar-refractivity contribution in [3.05, 3.63) is 23.8 Å². The van der Waals surface area contributed by atoms with Crippen LogP contribution < -0.4 is 15.2 Å². The summed E-state index contributed by atoms with van der Waals surface area (Å²) >= 11 is 0. The number of esters is 1. The van der Waals surface area contributed by atoms with Crippen molar-refractivity contribution in [2.24, 2.45) is 5.73 Å². The maximum atomic E-state index is 12.8. The molecule has 0 unspecified atom stereocenters. The topological polar surface area (TPSA) is 70.8 Å². The van der Waals surface area contributed by atoms with Crippen molar-refractivity contribution in [2.45, 2.75) is 18.8 Å². The van der Waals surface area contributed by atoms with Crippen LogP contribution in [0.4, 0.5) is 8.78 Å². The molecule has 1 heterocycles. The Morgan fingerprint density at radius 2 is 2.05 bits per heavy atom. The summed E-state index contributed by atoms with van der Waals surface area (Å²) in [6.07, 6.45) is -3.71. The zero-order chi connectivity index (χ0) is 13.3. The lowest BCUT2D eigenvalue weighted by atomic mass is 10.0. The number of hydrogen-bond donors (Lipinski definition) is 1. The number of carbonyl (C=O) groups is 1. The van der Waals surface area contributed by atoms with Crippen LogP contribution in [0.3, 0.4) is 0 Å². The molecule has 1 atom stereocenters. The fourth-order valence-corrected chi connectivity index (χ4v) is 1.58. The smallest absolute Gasteiger partial charge is 0.469 e. The summed E-state index contributed by atoms with van der Waals surface area (Å²) in [7, 11) is 1.25. The van der Waals surface area contributed by atoms with Gasteiger partial charge < -0.3 is 19.9 Å². The Kier molecular flexibility index (Phi) is 4.54. The van der Waals surface area contributed by atoms with Crippen molar-refractivity contribution >= 4 is 18.4 Å². The van der Waals surface area contributed by atoms with Gasteiger partial charge in [0, 0.05) is 6.04 Å². The number of ether oxygens (including phenoxy) is 3. The second-order valence-corrected chi connectivity index (χ2v) is 3.76. The molecular weight excluding hydrogens is 284 g/mol. The molecule has 0 radical (unpaired) electrons. The molecule has 19 heavy (non-hydrogen) atoms. The molecule has 1 aromatic carbocycles. The van der Waals surface area contributed by atoms with Gasteiger partial charge in [0.1, 0.15) is 0 Å². The van der Waals surface area contributed by atoms with Crippen molar-refractivity contribution in [1.82, 2.24) is 0 Å². The van der Waals surface area contributed by atoms with Gasteiger partial charge in [-0.2, -0.15) is 0 Å². The molecule has 0 saturated carbocycles. The fourth-order valence-electron chi connectivity index (χ4n) is 1.58. The average molecular weight is 296 g/mol. The minimum atomic E-state index is -3.66. The van der Waals surface area contributed by atoms with Crippen molar-refractivity contribution in [1.29, 1.82) is 0 Å². The van der Waals surface area contributed by atoms with Crippen molar-refractivity contribution in [3.8, 4) is 11.5 Å². The highest BCUT2D eigenvalue weighted by Crippen LogP contribution is 2.42. The van der Waals surface area contributed by atoms with Crippen LogP contribution in [0.15, 0.2) is 18.2 Å².